The first kappa shape index (κ1) is 25.1. The molecule has 10 heteroatoms. The molecule has 4 aromatic rings. The van der Waals surface area contributed by atoms with Gasteiger partial charge in [0.1, 0.15) is 23.1 Å². The number of nitrogens with zero attached hydrogens (tertiary/aromatic N) is 4. The number of fused-ring (bicyclic) bond motifs is 1. The molecular weight excluding hydrogens is 492 g/mol. The maximum Gasteiger partial charge on any atom is 0.141 e. The topological polar surface area (TPSA) is 95.4 Å². The van der Waals surface area contributed by atoms with E-state index in [1.807, 2.05) is 44.7 Å². The minimum Gasteiger partial charge on any atom is -0.496 e. The lowest BCUT2D eigenvalue weighted by molar-refractivity contribution is 0.0875. The first-order chi connectivity index (χ1) is 18.0. The van der Waals surface area contributed by atoms with Crippen LogP contribution in [0.1, 0.15) is 24.0 Å². The SMILES string of the molecule is COc1cc(OC)c(Cl)c(-c2cc3cnc(N[C@H]4CCCOC4)cc3c(NCc3cnn(C)c3)n2)c1C. The molecule has 9 nitrogen and oxygen atoms in total. The van der Waals surface area contributed by atoms with Crippen LogP contribution in [0.2, 0.25) is 5.02 Å². The summed E-state index contributed by atoms with van der Waals surface area (Å²) in [6.07, 6.45) is 7.77. The lowest BCUT2D eigenvalue weighted by atomic mass is 10.0. The third-order valence-electron chi connectivity index (χ3n) is 6.58. The Labute approximate surface area is 221 Å². The predicted octanol–water partition coefficient (Wildman–Crippen LogP) is 5.21. The van der Waals surface area contributed by atoms with E-state index in [1.54, 1.807) is 25.0 Å². The van der Waals surface area contributed by atoms with E-state index >= 15 is 0 Å². The number of methoxy groups -OCH3 is 2. The molecule has 0 spiro atoms. The highest BCUT2D eigenvalue weighted by molar-refractivity contribution is 6.35. The molecule has 4 heterocycles. The number of nitrogens with one attached hydrogen (secondary N) is 2. The van der Waals surface area contributed by atoms with Gasteiger partial charge in [0.15, 0.2) is 0 Å². The quantitative estimate of drug-likeness (QED) is 0.325. The molecule has 1 aliphatic heterocycles. The van der Waals surface area contributed by atoms with Gasteiger partial charge in [-0.15, -0.1) is 0 Å². The Morgan fingerprint density at radius 2 is 2.00 bits per heavy atom. The Kier molecular flexibility index (Phi) is 7.34. The summed E-state index contributed by atoms with van der Waals surface area (Å²) in [6, 6.07) is 6.06. The number of aromatic nitrogens is 4. The van der Waals surface area contributed by atoms with Gasteiger partial charge in [0, 0.05) is 66.1 Å². The van der Waals surface area contributed by atoms with Crippen molar-refractivity contribution >= 4 is 34.0 Å². The number of hydrogen-bond donors (Lipinski definition) is 2. The first-order valence-corrected chi connectivity index (χ1v) is 12.6. The number of aryl methyl sites for hydroxylation is 1. The zero-order valence-corrected chi connectivity index (χ0v) is 22.2. The van der Waals surface area contributed by atoms with Crippen LogP contribution in [0.25, 0.3) is 22.0 Å². The molecule has 1 atom stereocenters. The fourth-order valence-corrected chi connectivity index (χ4v) is 5.04. The van der Waals surface area contributed by atoms with Crippen molar-refractivity contribution in [1.29, 1.82) is 0 Å². The Hall–Kier alpha value is -3.56. The van der Waals surface area contributed by atoms with Crippen LogP contribution in [-0.4, -0.2) is 53.2 Å². The van der Waals surface area contributed by atoms with E-state index in [0.717, 1.165) is 58.5 Å². The number of pyridine rings is 2. The minimum absolute atomic E-state index is 0.239. The van der Waals surface area contributed by atoms with Crippen LogP contribution in [0, 0.1) is 6.92 Å². The van der Waals surface area contributed by atoms with Crippen molar-refractivity contribution in [3.63, 3.8) is 0 Å². The van der Waals surface area contributed by atoms with Crippen LogP contribution in [0.15, 0.2) is 36.8 Å². The van der Waals surface area contributed by atoms with Gasteiger partial charge in [0.25, 0.3) is 0 Å². The van der Waals surface area contributed by atoms with Crippen molar-refractivity contribution in [2.45, 2.75) is 32.4 Å². The van der Waals surface area contributed by atoms with Crippen molar-refractivity contribution in [3.05, 3.63) is 52.9 Å². The van der Waals surface area contributed by atoms with Gasteiger partial charge in [-0.05, 0) is 31.9 Å². The molecule has 0 aliphatic carbocycles. The Morgan fingerprint density at radius 3 is 2.70 bits per heavy atom. The largest absolute Gasteiger partial charge is 0.496 e. The summed E-state index contributed by atoms with van der Waals surface area (Å²) in [5.74, 6) is 2.71. The zero-order chi connectivity index (χ0) is 25.9. The summed E-state index contributed by atoms with van der Waals surface area (Å²) in [7, 11) is 5.12. The molecular formula is C27H31ClN6O3. The van der Waals surface area contributed by atoms with Crippen molar-refractivity contribution in [1.82, 2.24) is 19.7 Å². The van der Waals surface area contributed by atoms with E-state index in [-0.39, 0.29) is 6.04 Å². The third kappa shape index (κ3) is 5.28. The number of halogens is 1. The van der Waals surface area contributed by atoms with Gasteiger partial charge in [-0.3, -0.25) is 4.68 Å². The second kappa shape index (κ2) is 10.8. The molecule has 0 unspecified atom stereocenters. The Balaban J connectivity index is 1.60. The zero-order valence-electron chi connectivity index (χ0n) is 21.5. The Morgan fingerprint density at radius 1 is 1.16 bits per heavy atom. The smallest absolute Gasteiger partial charge is 0.141 e. The third-order valence-corrected chi connectivity index (χ3v) is 6.96. The number of ether oxygens (including phenoxy) is 3. The van der Waals surface area contributed by atoms with Crippen LogP contribution in [0.3, 0.4) is 0 Å². The molecule has 194 valence electrons. The van der Waals surface area contributed by atoms with Gasteiger partial charge >= 0.3 is 0 Å². The van der Waals surface area contributed by atoms with E-state index in [9.17, 15) is 0 Å². The number of anilines is 2. The van der Waals surface area contributed by atoms with Gasteiger partial charge in [-0.1, -0.05) is 11.6 Å². The number of benzene rings is 1. The van der Waals surface area contributed by atoms with Gasteiger partial charge < -0.3 is 24.8 Å². The van der Waals surface area contributed by atoms with Crippen LogP contribution >= 0.6 is 11.6 Å². The van der Waals surface area contributed by atoms with E-state index in [2.05, 4.69) is 15.7 Å². The molecule has 0 bridgehead atoms. The highest BCUT2D eigenvalue weighted by Crippen LogP contribution is 2.43. The molecule has 0 saturated carbocycles. The first-order valence-electron chi connectivity index (χ1n) is 12.2. The van der Waals surface area contributed by atoms with E-state index in [4.69, 9.17) is 35.8 Å². The second-order valence-corrected chi connectivity index (χ2v) is 9.55. The summed E-state index contributed by atoms with van der Waals surface area (Å²) in [5.41, 5.74) is 3.38. The number of rotatable bonds is 8. The molecule has 3 aromatic heterocycles. The van der Waals surface area contributed by atoms with Crippen molar-refractivity contribution in [2.75, 3.05) is 38.1 Å². The molecule has 1 saturated heterocycles. The van der Waals surface area contributed by atoms with Gasteiger partial charge in [0.05, 0.1) is 43.8 Å². The molecule has 1 aliphatic rings. The van der Waals surface area contributed by atoms with Gasteiger partial charge in [-0.2, -0.15) is 5.10 Å². The molecule has 1 fully saturated rings. The van der Waals surface area contributed by atoms with Crippen molar-refractivity contribution in [3.8, 4) is 22.8 Å². The summed E-state index contributed by atoms with van der Waals surface area (Å²) in [4.78, 5) is 9.73. The monoisotopic (exact) mass is 522 g/mol. The average molecular weight is 523 g/mol. The number of hydrogen-bond acceptors (Lipinski definition) is 8. The summed E-state index contributed by atoms with van der Waals surface area (Å²) < 4.78 is 18.5. The highest BCUT2D eigenvalue weighted by Gasteiger charge is 2.21. The predicted molar refractivity (Wildman–Crippen MR) is 146 cm³/mol. The molecule has 0 amide bonds. The van der Waals surface area contributed by atoms with Crippen LogP contribution in [0.4, 0.5) is 11.6 Å². The van der Waals surface area contributed by atoms with Crippen molar-refractivity contribution in [2.24, 2.45) is 7.05 Å². The van der Waals surface area contributed by atoms with E-state index in [1.165, 1.54) is 0 Å². The lowest BCUT2D eigenvalue weighted by Gasteiger charge is -2.24. The van der Waals surface area contributed by atoms with E-state index < -0.39 is 0 Å². The lowest BCUT2D eigenvalue weighted by Crippen LogP contribution is -2.30. The normalized spacial score (nSPS) is 15.5. The molecule has 5 rings (SSSR count). The Bertz CT molecular complexity index is 1390. The van der Waals surface area contributed by atoms with Crippen LogP contribution in [0.5, 0.6) is 11.5 Å². The standard InChI is InChI=1S/C27H31ClN6O3/c1-16-22(35-3)10-23(36-4)26(28)25(16)21-8-18-13-29-24(32-19-6-5-7-37-15-19)9-20(18)27(33-21)30-11-17-12-31-34(2)14-17/h8-10,12-14,19H,5-7,11,15H2,1-4H3,(H,29,32)(H,30,33)/t19-/m0/s1. The molecule has 37 heavy (non-hydrogen) atoms. The second-order valence-electron chi connectivity index (χ2n) is 9.18. The summed E-state index contributed by atoms with van der Waals surface area (Å²) >= 11 is 6.80. The van der Waals surface area contributed by atoms with E-state index in [0.29, 0.717) is 35.4 Å². The fourth-order valence-electron chi connectivity index (χ4n) is 4.67. The van der Waals surface area contributed by atoms with Crippen LogP contribution in [-0.2, 0) is 18.3 Å². The van der Waals surface area contributed by atoms with Crippen molar-refractivity contribution < 1.29 is 14.2 Å². The van der Waals surface area contributed by atoms with Crippen LogP contribution < -0.4 is 20.1 Å². The highest BCUT2D eigenvalue weighted by atomic mass is 35.5. The molecule has 2 N–H and O–H groups in total. The summed E-state index contributed by atoms with van der Waals surface area (Å²) in [6.45, 7) is 4.02. The van der Waals surface area contributed by atoms with Gasteiger partial charge in [-0.25, -0.2) is 9.97 Å². The van der Waals surface area contributed by atoms with Gasteiger partial charge in [0.2, 0.25) is 0 Å². The fraction of sp³-hybridized carbons (Fsp3) is 0.370. The average Bonchev–Trinajstić information content (AvgIpc) is 3.33. The molecule has 0 radical (unpaired) electrons. The maximum atomic E-state index is 6.80. The molecule has 1 aromatic carbocycles. The minimum atomic E-state index is 0.239. The maximum absolute atomic E-state index is 6.80. The summed E-state index contributed by atoms with van der Waals surface area (Å²) in [5, 5.41) is 13.7.